The van der Waals surface area contributed by atoms with Gasteiger partial charge in [-0.05, 0) is 29.9 Å². The van der Waals surface area contributed by atoms with Crippen molar-refractivity contribution in [3.8, 4) is 5.75 Å². The van der Waals surface area contributed by atoms with Gasteiger partial charge >= 0.3 is 0 Å². The van der Waals surface area contributed by atoms with Crippen LogP contribution in [-0.4, -0.2) is 16.7 Å². The molecule has 0 amide bonds. The maximum atomic E-state index is 5.38. The van der Waals surface area contributed by atoms with Crippen molar-refractivity contribution in [2.45, 2.75) is 32.7 Å². The fourth-order valence-electron chi connectivity index (χ4n) is 2.13. The van der Waals surface area contributed by atoms with E-state index in [1.807, 2.05) is 24.4 Å². The highest BCUT2D eigenvalue weighted by atomic mass is 32.1. The smallest absolute Gasteiger partial charge is 0.177 e. The van der Waals surface area contributed by atoms with Crippen LogP contribution in [0.5, 0.6) is 5.75 Å². The van der Waals surface area contributed by atoms with Gasteiger partial charge in [-0.3, -0.25) is 0 Å². The third-order valence-corrected chi connectivity index (χ3v) is 3.45. The molecule has 1 aromatic carbocycles. The van der Waals surface area contributed by atoms with E-state index in [0.717, 1.165) is 17.1 Å². The van der Waals surface area contributed by atoms with Crippen LogP contribution in [0.25, 0.3) is 0 Å². The summed E-state index contributed by atoms with van der Waals surface area (Å²) >= 11 is 5.38. The molecule has 1 heterocycles. The molecular weight excluding hydrogens is 256 g/mol. The van der Waals surface area contributed by atoms with Gasteiger partial charge in [0.1, 0.15) is 5.75 Å². The predicted octanol–water partition coefficient (Wildman–Crippen LogP) is 3.90. The molecule has 3 nitrogen and oxygen atoms in total. The molecule has 2 rings (SSSR count). The van der Waals surface area contributed by atoms with E-state index in [0.29, 0.717) is 0 Å². The molecule has 0 aliphatic rings. The minimum Gasteiger partial charge on any atom is -0.497 e. The molecule has 0 saturated heterocycles. The van der Waals surface area contributed by atoms with Crippen molar-refractivity contribution < 1.29 is 4.74 Å². The summed E-state index contributed by atoms with van der Waals surface area (Å²) < 4.78 is 8.16. The molecule has 0 bridgehead atoms. The SMILES string of the molecule is COc1cccc(Cn2c(C(C)(C)C)c[nH]c2=S)c1. The molecule has 2 aromatic rings. The number of aromatic nitrogens is 2. The zero-order valence-electron chi connectivity index (χ0n) is 11.9. The number of H-pyrrole nitrogens is 1. The Hall–Kier alpha value is -1.55. The van der Waals surface area contributed by atoms with Gasteiger partial charge in [-0.15, -0.1) is 0 Å². The van der Waals surface area contributed by atoms with Gasteiger partial charge in [0, 0.05) is 17.3 Å². The molecule has 0 saturated carbocycles. The quantitative estimate of drug-likeness (QED) is 0.862. The normalized spacial score (nSPS) is 11.6. The summed E-state index contributed by atoms with van der Waals surface area (Å²) in [6, 6.07) is 8.08. The van der Waals surface area contributed by atoms with Crippen molar-refractivity contribution in [2.24, 2.45) is 0 Å². The second-order valence-electron chi connectivity index (χ2n) is 5.67. The largest absolute Gasteiger partial charge is 0.497 e. The molecule has 0 aliphatic heterocycles. The van der Waals surface area contributed by atoms with Gasteiger partial charge in [0.25, 0.3) is 0 Å². The fourth-order valence-corrected chi connectivity index (χ4v) is 2.35. The maximum absolute atomic E-state index is 5.38. The minimum atomic E-state index is 0.0619. The third-order valence-electron chi connectivity index (χ3n) is 3.11. The van der Waals surface area contributed by atoms with Crippen molar-refractivity contribution in [2.75, 3.05) is 7.11 Å². The molecule has 0 aliphatic carbocycles. The maximum Gasteiger partial charge on any atom is 0.177 e. The van der Waals surface area contributed by atoms with Crippen LogP contribution < -0.4 is 4.74 Å². The molecule has 19 heavy (non-hydrogen) atoms. The topological polar surface area (TPSA) is 29.9 Å². The number of methoxy groups -OCH3 is 1. The Balaban J connectivity index is 2.38. The van der Waals surface area contributed by atoms with Gasteiger partial charge in [-0.1, -0.05) is 32.9 Å². The summed E-state index contributed by atoms with van der Waals surface area (Å²) in [5.41, 5.74) is 2.45. The molecule has 1 N–H and O–H groups in total. The molecule has 0 unspecified atom stereocenters. The van der Waals surface area contributed by atoms with Gasteiger partial charge in [-0.25, -0.2) is 0 Å². The Morgan fingerprint density at radius 1 is 1.32 bits per heavy atom. The Labute approximate surface area is 119 Å². The number of aromatic amines is 1. The van der Waals surface area contributed by atoms with Gasteiger partial charge in [-0.2, -0.15) is 0 Å². The summed E-state index contributed by atoms with van der Waals surface area (Å²) in [5.74, 6) is 0.872. The zero-order chi connectivity index (χ0) is 14.0. The van der Waals surface area contributed by atoms with Crippen LogP contribution in [-0.2, 0) is 12.0 Å². The van der Waals surface area contributed by atoms with E-state index in [2.05, 4.69) is 36.4 Å². The predicted molar refractivity (Wildman–Crippen MR) is 80.4 cm³/mol. The first-order valence-corrected chi connectivity index (χ1v) is 6.74. The van der Waals surface area contributed by atoms with Crippen molar-refractivity contribution >= 4 is 12.2 Å². The molecule has 0 fully saturated rings. The molecule has 4 heteroatoms. The number of hydrogen-bond donors (Lipinski definition) is 1. The van der Waals surface area contributed by atoms with Crippen LogP contribution in [0, 0.1) is 4.77 Å². The first-order chi connectivity index (χ1) is 8.91. The van der Waals surface area contributed by atoms with Gasteiger partial charge < -0.3 is 14.3 Å². The Bertz CT molecular complexity index is 620. The highest BCUT2D eigenvalue weighted by Crippen LogP contribution is 2.23. The van der Waals surface area contributed by atoms with E-state index in [1.54, 1.807) is 7.11 Å². The average Bonchev–Trinajstić information content (AvgIpc) is 2.71. The van der Waals surface area contributed by atoms with Gasteiger partial charge in [0.2, 0.25) is 0 Å². The molecule has 102 valence electrons. The molecule has 1 aromatic heterocycles. The molecular formula is C15H20N2OS. The number of nitrogens with one attached hydrogen (secondary N) is 1. The van der Waals surface area contributed by atoms with E-state index in [9.17, 15) is 0 Å². The monoisotopic (exact) mass is 276 g/mol. The fraction of sp³-hybridized carbons (Fsp3) is 0.400. The Morgan fingerprint density at radius 2 is 2.05 bits per heavy atom. The number of nitrogens with zero attached hydrogens (tertiary/aromatic N) is 1. The van der Waals surface area contributed by atoms with Gasteiger partial charge in [0.15, 0.2) is 4.77 Å². The summed E-state index contributed by atoms with van der Waals surface area (Å²) in [7, 11) is 1.68. The lowest BCUT2D eigenvalue weighted by molar-refractivity contribution is 0.414. The van der Waals surface area contributed by atoms with Crippen LogP contribution in [0.4, 0.5) is 0 Å². The Morgan fingerprint density at radius 3 is 2.68 bits per heavy atom. The summed E-state index contributed by atoms with van der Waals surface area (Å²) in [5, 5.41) is 0. The van der Waals surface area contributed by atoms with E-state index >= 15 is 0 Å². The number of ether oxygens (including phenoxy) is 1. The van der Waals surface area contributed by atoms with E-state index in [1.165, 1.54) is 11.3 Å². The highest BCUT2D eigenvalue weighted by molar-refractivity contribution is 7.71. The number of imidazole rings is 1. The van der Waals surface area contributed by atoms with E-state index in [-0.39, 0.29) is 5.41 Å². The first-order valence-electron chi connectivity index (χ1n) is 6.33. The van der Waals surface area contributed by atoms with Crippen LogP contribution in [0.2, 0.25) is 0 Å². The summed E-state index contributed by atoms with van der Waals surface area (Å²) in [6.45, 7) is 7.32. The number of hydrogen-bond acceptors (Lipinski definition) is 2. The van der Waals surface area contributed by atoms with Crippen LogP contribution in [0.1, 0.15) is 32.0 Å². The third kappa shape index (κ3) is 3.07. The minimum absolute atomic E-state index is 0.0619. The lowest BCUT2D eigenvalue weighted by Gasteiger charge is -2.21. The number of rotatable bonds is 3. The standard InChI is InChI=1S/C15H20N2OS/c1-15(2,3)13-9-16-14(19)17(13)10-11-6-5-7-12(8-11)18-4/h5-9H,10H2,1-4H3,(H,16,19). The summed E-state index contributed by atoms with van der Waals surface area (Å²) in [6.07, 6.45) is 2.00. The lowest BCUT2D eigenvalue weighted by Crippen LogP contribution is -2.18. The van der Waals surface area contributed by atoms with Crippen LogP contribution in [0.3, 0.4) is 0 Å². The molecule has 0 spiro atoms. The van der Waals surface area contributed by atoms with E-state index < -0.39 is 0 Å². The zero-order valence-corrected chi connectivity index (χ0v) is 12.7. The summed E-state index contributed by atoms with van der Waals surface area (Å²) in [4.78, 5) is 3.14. The molecule has 0 radical (unpaired) electrons. The van der Waals surface area contributed by atoms with Crippen molar-refractivity contribution in [3.63, 3.8) is 0 Å². The van der Waals surface area contributed by atoms with E-state index in [4.69, 9.17) is 17.0 Å². The highest BCUT2D eigenvalue weighted by Gasteiger charge is 2.19. The lowest BCUT2D eigenvalue weighted by atomic mass is 9.92. The molecule has 0 atom stereocenters. The van der Waals surface area contributed by atoms with Crippen molar-refractivity contribution in [1.29, 1.82) is 0 Å². The Kier molecular flexibility index (Phi) is 3.80. The second kappa shape index (κ2) is 5.21. The average molecular weight is 276 g/mol. The second-order valence-corrected chi connectivity index (χ2v) is 6.05. The first kappa shape index (κ1) is 13.9. The number of benzene rings is 1. The van der Waals surface area contributed by atoms with Crippen LogP contribution in [0.15, 0.2) is 30.5 Å². The van der Waals surface area contributed by atoms with Gasteiger partial charge in [0.05, 0.1) is 13.7 Å². The van der Waals surface area contributed by atoms with Crippen molar-refractivity contribution in [3.05, 3.63) is 46.5 Å². The van der Waals surface area contributed by atoms with Crippen LogP contribution >= 0.6 is 12.2 Å². The van der Waals surface area contributed by atoms with Crippen molar-refractivity contribution in [1.82, 2.24) is 9.55 Å².